The monoisotopic (exact) mass is 391 g/mol. The van der Waals surface area contributed by atoms with Crippen molar-refractivity contribution in [3.05, 3.63) is 84.1 Å². The van der Waals surface area contributed by atoms with Gasteiger partial charge in [0.05, 0.1) is 17.7 Å². The van der Waals surface area contributed by atoms with Gasteiger partial charge in [-0.2, -0.15) is 0 Å². The molecule has 1 heterocycles. The molecule has 0 fully saturated rings. The fraction of sp³-hybridized carbons (Fsp3) is 0.0455. The van der Waals surface area contributed by atoms with Gasteiger partial charge in [-0.15, -0.1) is 0 Å². The molecule has 28 heavy (non-hydrogen) atoms. The van der Waals surface area contributed by atoms with Crippen molar-refractivity contribution in [2.45, 2.75) is 4.90 Å². The molecule has 0 bridgehead atoms. The largest absolute Gasteiger partial charge is 0.502 e. The van der Waals surface area contributed by atoms with E-state index in [1.54, 1.807) is 43.5 Å². The van der Waals surface area contributed by atoms with Crippen molar-refractivity contribution in [3.8, 4) is 17.2 Å². The van der Waals surface area contributed by atoms with Crippen LogP contribution in [-0.4, -0.2) is 18.1 Å². The van der Waals surface area contributed by atoms with Gasteiger partial charge in [0, 0.05) is 4.90 Å². The number of aliphatic hydroxyl groups excluding tert-OH is 1. The number of amides is 1. The van der Waals surface area contributed by atoms with Crippen molar-refractivity contribution in [1.82, 2.24) is 0 Å². The van der Waals surface area contributed by atoms with Crippen molar-refractivity contribution in [2.24, 2.45) is 0 Å². The Balaban J connectivity index is 1.69. The van der Waals surface area contributed by atoms with Crippen molar-refractivity contribution >= 4 is 28.3 Å². The predicted octanol–water partition coefficient (Wildman–Crippen LogP) is 5.46. The lowest BCUT2D eigenvalue weighted by Crippen LogP contribution is -2.13. The smallest absolute Gasteiger partial charge is 0.291 e. The maximum Gasteiger partial charge on any atom is 0.291 e. The zero-order valence-electron chi connectivity index (χ0n) is 15.0. The van der Waals surface area contributed by atoms with E-state index in [9.17, 15) is 9.90 Å². The van der Waals surface area contributed by atoms with Gasteiger partial charge in [-0.3, -0.25) is 4.79 Å². The zero-order chi connectivity index (χ0) is 19.5. The molecule has 0 radical (unpaired) electrons. The van der Waals surface area contributed by atoms with Crippen LogP contribution in [-0.2, 0) is 4.79 Å². The molecule has 3 aromatic carbocycles. The Morgan fingerprint density at radius 1 is 0.893 bits per heavy atom. The number of methoxy groups -OCH3 is 1. The van der Waals surface area contributed by atoms with E-state index in [-0.39, 0.29) is 5.76 Å². The Labute approximate surface area is 166 Å². The van der Waals surface area contributed by atoms with Gasteiger partial charge >= 0.3 is 0 Å². The fourth-order valence-electron chi connectivity index (χ4n) is 2.76. The molecule has 4 rings (SSSR count). The quantitative estimate of drug-likeness (QED) is 0.618. The normalized spacial score (nSPS) is 13.4. The van der Waals surface area contributed by atoms with Crippen molar-refractivity contribution in [3.63, 3.8) is 0 Å². The molecule has 1 aliphatic heterocycles. The van der Waals surface area contributed by atoms with Gasteiger partial charge in [-0.1, -0.05) is 42.1 Å². The maximum absolute atomic E-state index is 12.4. The summed E-state index contributed by atoms with van der Waals surface area (Å²) in [6.45, 7) is 0. The number of anilines is 1. The number of fused-ring (bicyclic) bond motifs is 1. The summed E-state index contributed by atoms with van der Waals surface area (Å²) in [5.41, 5.74) is 1.34. The minimum atomic E-state index is -0.547. The minimum Gasteiger partial charge on any atom is -0.502 e. The Morgan fingerprint density at radius 2 is 1.61 bits per heavy atom. The summed E-state index contributed by atoms with van der Waals surface area (Å²) in [4.78, 5) is 13.6. The summed E-state index contributed by atoms with van der Waals surface area (Å²) >= 11 is 1.31. The highest BCUT2D eigenvalue weighted by Gasteiger charge is 2.24. The number of hydrogen-bond donors (Lipinski definition) is 2. The summed E-state index contributed by atoms with van der Waals surface area (Å²) in [6.07, 6.45) is 0. The summed E-state index contributed by atoms with van der Waals surface area (Å²) in [5, 5.41) is 13.2. The van der Waals surface area contributed by atoms with Gasteiger partial charge in [-0.25, -0.2) is 0 Å². The molecule has 140 valence electrons. The van der Waals surface area contributed by atoms with Gasteiger partial charge in [0.1, 0.15) is 17.2 Å². The van der Waals surface area contributed by atoms with E-state index in [1.165, 1.54) is 11.8 Å². The van der Waals surface area contributed by atoms with E-state index in [0.717, 1.165) is 16.2 Å². The molecule has 0 spiro atoms. The lowest BCUT2D eigenvalue weighted by atomic mass is 10.2. The average molecular weight is 391 g/mol. The number of carbonyl (C=O) groups excluding carboxylic acids is 1. The van der Waals surface area contributed by atoms with E-state index < -0.39 is 5.91 Å². The number of nitrogens with one attached hydrogen (secondary N) is 1. The number of hydrogen-bond acceptors (Lipinski definition) is 5. The second-order valence-electron chi connectivity index (χ2n) is 6.04. The molecule has 0 atom stereocenters. The first-order chi connectivity index (χ1) is 13.6. The fourth-order valence-corrected chi connectivity index (χ4v) is 3.83. The summed E-state index contributed by atoms with van der Waals surface area (Å²) in [5.74, 6) is 1.19. The highest BCUT2D eigenvalue weighted by atomic mass is 32.2. The summed E-state index contributed by atoms with van der Waals surface area (Å²) < 4.78 is 11.1. The van der Waals surface area contributed by atoms with Crippen LogP contribution >= 0.6 is 11.8 Å². The Hall–Kier alpha value is -3.38. The predicted molar refractivity (Wildman–Crippen MR) is 110 cm³/mol. The Bertz CT molecular complexity index is 1050. The molecule has 2 N–H and O–H groups in total. The molecular formula is C22H17NO4S. The number of thioether (sulfide) groups is 1. The van der Waals surface area contributed by atoms with Crippen LogP contribution < -0.4 is 14.8 Å². The first-order valence-electron chi connectivity index (χ1n) is 8.58. The topological polar surface area (TPSA) is 67.8 Å². The molecule has 5 nitrogen and oxygen atoms in total. The third-order valence-corrected chi connectivity index (χ3v) is 5.37. The van der Waals surface area contributed by atoms with E-state index in [1.807, 2.05) is 36.4 Å². The molecule has 0 unspecified atom stereocenters. The third kappa shape index (κ3) is 3.68. The molecule has 1 amide bonds. The second-order valence-corrected chi connectivity index (χ2v) is 7.09. The highest BCUT2D eigenvalue weighted by molar-refractivity contribution is 8.08. The number of ether oxygens (including phenoxy) is 2. The van der Waals surface area contributed by atoms with Crippen LogP contribution in [0.5, 0.6) is 17.2 Å². The van der Waals surface area contributed by atoms with Crippen molar-refractivity contribution < 1.29 is 19.4 Å². The number of rotatable bonds is 4. The zero-order valence-corrected chi connectivity index (χ0v) is 15.8. The Morgan fingerprint density at radius 3 is 2.32 bits per heavy atom. The molecule has 1 aliphatic rings. The van der Waals surface area contributed by atoms with E-state index in [2.05, 4.69) is 5.32 Å². The van der Waals surface area contributed by atoms with E-state index in [4.69, 9.17) is 9.47 Å². The van der Waals surface area contributed by atoms with Crippen LogP contribution in [0.1, 0.15) is 5.56 Å². The number of aliphatic hydroxyl groups is 1. The number of para-hydroxylation sites is 1. The van der Waals surface area contributed by atoms with Gasteiger partial charge in [0.2, 0.25) is 0 Å². The van der Waals surface area contributed by atoms with E-state index >= 15 is 0 Å². The number of benzene rings is 3. The van der Waals surface area contributed by atoms with Crippen LogP contribution in [0.25, 0.3) is 4.91 Å². The molecular weight excluding hydrogens is 374 g/mol. The standard InChI is InChI=1S/C22H17NO4S/c1-26-15-9-7-14(8-10-15)21-20(24)22(25)23-18-12-11-17(13-19(18)28-21)27-16-5-3-2-4-6-16/h2-13,24H,1H3,(H,23,25). The third-order valence-electron chi connectivity index (χ3n) is 4.17. The molecule has 6 heteroatoms. The SMILES string of the molecule is COc1ccc(C2=C(O)C(=O)Nc3ccc(Oc4ccccc4)cc3S2)cc1. The Kier molecular flexibility index (Phi) is 4.95. The van der Waals surface area contributed by atoms with Crippen LogP contribution in [0.3, 0.4) is 0 Å². The summed E-state index contributed by atoms with van der Waals surface area (Å²) in [6, 6.07) is 22.0. The maximum atomic E-state index is 12.4. The first kappa shape index (κ1) is 18.0. The number of carbonyl (C=O) groups is 1. The molecule has 0 aromatic heterocycles. The molecule has 0 saturated heterocycles. The van der Waals surface area contributed by atoms with E-state index in [0.29, 0.717) is 22.1 Å². The molecule has 0 aliphatic carbocycles. The van der Waals surface area contributed by atoms with Crippen molar-refractivity contribution in [2.75, 3.05) is 12.4 Å². The van der Waals surface area contributed by atoms with Gasteiger partial charge in [-0.05, 0) is 48.0 Å². The van der Waals surface area contributed by atoms with Crippen LogP contribution in [0.4, 0.5) is 5.69 Å². The van der Waals surface area contributed by atoms with Gasteiger partial charge in [0.25, 0.3) is 5.91 Å². The molecule has 3 aromatic rings. The second kappa shape index (κ2) is 7.70. The highest BCUT2D eigenvalue weighted by Crippen LogP contribution is 2.44. The molecule has 0 saturated carbocycles. The summed E-state index contributed by atoms with van der Waals surface area (Å²) in [7, 11) is 1.59. The van der Waals surface area contributed by atoms with Crippen LogP contribution in [0.2, 0.25) is 0 Å². The van der Waals surface area contributed by atoms with Gasteiger partial charge < -0.3 is 19.9 Å². The lowest BCUT2D eigenvalue weighted by molar-refractivity contribution is -0.115. The van der Waals surface area contributed by atoms with Crippen LogP contribution in [0, 0.1) is 0 Å². The van der Waals surface area contributed by atoms with Crippen molar-refractivity contribution in [1.29, 1.82) is 0 Å². The minimum absolute atomic E-state index is 0.322. The first-order valence-corrected chi connectivity index (χ1v) is 9.39. The average Bonchev–Trinajstić information content (AvgIpc) is 2.85. The lowest BCUT2D eigenvalue weighted by Gasteiger charge is -2.11. The van der Waals surface area contributed by atoms with Crippen LogP contribution in [0.15, 0.2) is 83.5 Å². The van der Waals surface area contributed by atoms with Gasteiger partial charge in [0.15, 0.2) is 5.76 Å².